The Balaban J connectivity index is 2.94. The van der Waals surface area contributed by atoms with Crippen molar-refractivity contribution in [2.75, 3.05) is 0 Å². The van der Waals surface area contributed by atoms with Crippen LogP contribution in [0.2, 0.25) is 0 Å². The highest BCUT2D eigenvalue weighted by atomic mass is 79.9. The molecule has 0 aliphatic carbocycles. The third-order valence-electron chi connectivity index (χ3n) is 1.12. The van der Waals surface area contributed by atoms with Gasteiger partial charge in [0.25, 0.3) is 0 Å². The van der Waals surface area contributed by atoms with E-state index in [0.717, 1.165) is 0 Å². The highest BCUT2D eigenvalue weighted by Gasteiger charge is 1.98. The van der Waals surface area contributed by atoms with Crippen molar-refractivity contribution in [2.45, 2.75) is 0 Å². The smallest absolute Gasteiger partial charge is 0.116 e. The maximum atomic E-state index is 7.41. The maximum Gasteiger partial charge on any atom is 0.116 e. The molecule has 0 fully saturated rings. The predicted octanol–water partition coefficient (Wildman–Crippen LogP) is 1.72. The van der Waals surface area contributed by atoms with Crippen molar-refractivity contribution < 1.29 is 4.11 Å². The van der Waals surface area contributed by atoms with Crippen LogP contribution in [-0.2, 0) is 0 Å². The number of nitrogens with zero attached hydrogens (tertiary/aromatic N) is 2. The van der Waals surface area contributed by atoms with Gasteiger partial charge in [-0.25, -0.2) is 9.97 Å². The van der Waals surface area contributed by atoms with Crippen molar-refractivity contribution in [3.63, 3.8) is 0 Å². The first kappa shape index (κ1) is 3.48. The van der Waals surface area contributed by atoms with Crippen LogP contribution in [0.4, 0.5) is 0 Å². The molecule has 0 aliphatic heterocycles. The van der Waals surface area contributed by atoms with Gasteiger partial charge in [-0.05, 0) is 15.9 Å². The van der Waals surface area contributed by atoms with Gasteiger partial charge in [0.05, 0.1) is 18.9 Å². The van der Waals surface area contributed by atoms with Gasteiger partial charge in [-0.15, -0.1) is 0 Å². The zero-order chi connectivity index (χ0) is 9.59. The lowest BCUT2D eigenvalue weighted by Crippen LogP contribution is -1.75. The van der Waals surface area contributed by atoms with Crippen molar-refractivity contribution in [1.82, 2.24) is 15.0 Å². The Labute approximate surface area is 69.8 Å². The maximum absolute atomic E-state index is 7.41. The van der Waals surface area contributed by atoms with E-state index in [1.54, 1.807) is 0 Å². The lowest BCUT2D eigenvalue weighted by Gasteiger charge is -1.84. The molecule has 10 heavy (non-hydrogen) atoms. The van der Waals surface area contributed by atoms with E-state index in [9.17, 15) is 0 Å². The summed E-state index contributed by atoms with van der Waals surface area (Å²) in [7, 11) is 0. The van der Waals surface area contributed by atoms with Gasteiger partial charge in [0.1, 0.15) is 13.2 Å². The Bertz CT molecular complexity index is 481. The molecule has 0 saturated heterocycles. The van der Waals surface area contributed by atoms with Crippen molar-refractivity contribution in [2.24, 2.45) is 0 Å². The minimum absolute atomic E-state index is 0.0609. The zero-order valence-electron chi connectivity index (χ0n) is 7.77. The second-order valence-corrected chi connectivity index (χ2v) is 2.52. The lowest BCUT2D eigenvalue weighted by atomic mass is 10.5. The molecule has 1 N–H and O–H groups in total. The molecule has 0 bridgehead atoms. The number of rotatable bonds is 0. The normalized spacial score (nSPS) is 14.7. The molecule has 50 valence electrons. The second kappa shape index (κ2) is 2.05. The number of hydrogen-bond donors (Lipinski definition) is 1. The standard InChI is InChI=1S/C6H4BrN3/c7-4-1-9-5-2-8-3-10-6(4)5/h1-3,9H/i1D,2D,3D. The molecule has 0 atom stereocenters. The largest absolute Gasteiger partial charge is 0.357 e. The van der Waals surface area contributed by atoms with E-state index in [4.69, 9.17) is 4.11 Å². The minimum Gasteiger partial charge on any atom is -0.357 e. The molecular weight excluding hydrogens is 194 g/mol. The molecule has 0 spiro atoms. The summed E-state index contributed by atoms with van der Waals surface area (Å²) in [5.41, 5.74) is 0.794. The van der Waals surface area contributed by atoms with Crippen molar-refractivity contribution in [3.05, 3.63) is 23.1 Å². The summed E-state index contributed by atoms with van der Waals surface area (Å²) < 4.78 is 22.5. The van der Waals surface area contributed by atoms with Gasteiger partial charge in [0.2, 0.25) is 0 Å². The minimum atomic E-state index is -0.211. The Kier molecular flexibility index (Phi) is 0.715. The summed E-state index contributed by atoms with van der Waals surface area (Å²) in [5, 5.41) is 0. The molecule has 0 amide bonds. The topological polar surface area (TPSA) is 41.6 Å². The van der Waals surface area contributed by atoms with Gasteiger partial charge in [-0.3, -0.25) is 0 Å². The fraction of sp³-hybridized carbons (Fsp3) is 0. The number of halogens is 1. The fourth-order valence-corrected chi connectivity index (χ4v) is 1.07. The molecule has 0 aromatic carbocycles. The van der Waals surface area contributed by atoms with Crippen molar-refractivity contribution in [3.8, 4) is 0 Å². The number of aromatic nitrogens is 3. The van der Waals surface area contributed by atoms with Crippen LogP contribution in [-0.4, -0.2) is 15.0 Å². The molecular formula is C6H4BrN3. The SMILES string of the molecule is [2H]c1nc([2H])c2[nH]c([2H])c(Br)c2n1. The highest BCUT2D eigenvalue weighted by Crippen LogP contribution is 2.18. The molecule has 4 heteroatoms. The first-order valence-corrected chi connectivity index (χ1v) is 3.38. The van der Waals surface area contributed by atoms with Crippen LogP contribution in [0, 0.1) is 0 Å². The molecule has 0 unspecified atom stereocenters. The van der Waals surface area contributed by atoms with E-state index in [0.29, 0.717) is 15.5 Å². The van der Waals surface area contributed by atoms with E-state index >= 15 is 0 Å². The molecule has 0 aliphatic rings. The van der Waals surface area contributed by atoms with Crippen LogP contribution in [0.15, 0.2) is 23.1 Å². The molecule has 2 aromatic heterocycles. The van der Waals surface area contributed by atoms with E-state index in [-0.39, 0.29) is 18.6 Å². The summed E-state index contributed by atoms with van der Waals surface area (Å²) in [6.07, 6.45) is -0.130. The Morgan fingerprint density at radius 1 is 1.70 bits per heavy atom. The number of nitrogens with one attached hydrogen (secondary N) is 1. The quantitative estimate of drug-likeness (QED) is 0.704. The third kappa shape index (κ3) is 0.724. The molecule has 2 heterocycles. The van der Waals surface area contributed by atoms with Crippen molar-refractivity contribution in [1.29, 1.82) is 0 Å². The average molecular weight is 201 g/mol. The van der Waals surface area contributed by atoms with Gasteiger partial charge in [-0.1, -0.05) is 0 Å². The monoisotopic (exact) mass is 200 g/mol. The third-order valence-corrected chi connectivity index (χ3v) is 1.70. The van der Waals surface area contributed by atoms with E-state index in [1.807, 2.05) is 0 Å². The highest BCUT2D eigenvalue weighted by molar-refractivity contribution is 9.10. The second-order valence-electron chi connectivity index (χ2n) is 1.72. The lowest BCUT2D eigenvalue weighted by molar-refractivity contribution is 1.22. The van der Waals surface area contributed by atoms with Crippen LogP contribution in [0.1, 0.15) is 4.11 Å². The van der Waals surface area contributed by atoms with Crippen LogP contribution in [0.5, 0.6) is 0 Å². The van der Waals surface area contributed by atoms with Crippen LogP contribution < -0.4 is 0 Å². The number of aromatic amines is 1. The molecule has 2 aromatic rings. The van der Waals surface area contributed by atoms with Crippen LogP contribution >= 0.6 is 15.9 Å². The summed E-state index contributed by atoms with van der Waals surface area (Å²) in [6.45, 7) is 0. The summed E-state index contributed by atoms with van der Waals surface area (Å²) >= 11 is 3.14. The average Bonchev–Trinajstić information content (AvgIpc) is 2.32. The van der Waals surface area contributed by atoms with Gasteiger partial charge >= 0.3 is 0 Å². The predicted molar refractivity (Wildman–Crippen MR) is 41.6 cm³/mol. The van der Waals surface area contributed by atoms with E-state index in [2.05, 4.69) is 30.9 Å². The van der Waals surface area contributed by atoms with E-state index < -0.39 is 0 Å². The summed E-state index contributed by atoms with van der Waals surface area (Å²) in [6, 6.07) is 0. The molecule has 0 saturated carbocycles. The number of hydrogen-bond acceptors (Lipinski definition) is 2. The molecule has 2 rings (SSSR count). The summed E-state index contributed by atoms with van der Waals surface area (Å²) in [5.74, 6) is 0. The van der Waals surface area contributed by atoms with E-state index in [1.165, 1.54) is 0 Å². The Hall–Kier alpha value is -0.900. The zero-order valence-corrected chi connectivity index (χ0v) is 6.36. The first-order valence-electron chi connectivity index (χ1n) is 4.08. The van der Waals surface area contributed by atoms with Gasteiger partial charge in [0, 0.05) is 6.17 Å². The fourth-order valence-electron chi connectivity index (χ4n) is 0.687. The number of fused-ring (bicyclic) bond motifs is 1. The Morgan fingerprint density at radius 3 is 3.50 bits per heavy atom. The van der Waals surface area contributed by atoms with Gasteiger partial charge in [0.15, 0.2) is 0 Å². The van der Waals surface area contributed by atoms with Gasteiger partial charge < -0.3 is 4.98 Å². The summed E-state index contributed by atoms with van der Waals surface area (Å²) in [4.78, 5) is 9.98. The van der Waals surface area contributed by atoms with Crippen LogP contribution in [0.3, 0.4) is 0 Å². The van der Waals surface area contributed by atoms with Gasteiger partial charge in [-0.2, -0.15) is 0 Å². The van der Waals surface area contributed by atoms with Crippen molar-refractivity contribution >= 4 is 27.0 Å². The number of H-pyrrole nitrogens is 1. The Morgan fingerprint density at radius 2 is 2.60 bits per heavy atom. The first-order chi connectivity index (χ1) is 6.09. The van der Waals surface area contributed by atoms with Crippen LogP contribution in [0.25, 0.3) is 11.0 Å². The molecule has 0 radical (unpaired) electrons. The molecule has 3 nitrogen and oxygen atoms in total.